The Bertz CT molecular complexity index is 1090. The van der Waals surface area contributed by atoms with Gasteiger partial charge < -0.3 is 30.3 Å². The minimum Gasteiger partial charge on any atom is -0.508 e. The van der Waals surface area contributed by atoms with Crippen LogP contribution in [-0.2, 0) is 14.3 Å². The highest BCUT2D eigenvalue weighted by Crippen LogP contribution is 2.30. The molecule has 2 unspecified atom stereocenters. The van der Waals surface area contributed by atoms with Crippen molar-refractivity contribution >= 4 is 23.6 Å². The van der Waals surface area contributed by atoms with E-state index >= 15 is 0 Å². The monoisotopic (exact) mass is 483 g/mol. The van der Waals surface area contributed by atoms with Crippen LogP contribution < -0.4 is 15.4 Å². The van der Waals surface area contributed by atoms with E-state index in [1.54, 1.807) is 57.2 Å². The minimum atomic E-state index is -1.51. The van der Waals surface area contributed by atoms with Crippen LogP contribution in [0.1, 0.15) is 32.4 Å². The Kier molecular flexibility index (Phi) is 9.08. The van der Waals surface area contributed by atoms with Gasteiger partial charge >= 0.3 is 6.09 Å². The number of terminal acetylenes is 1. The van der Waals surface area contributed by atoms with Gasteiger partial charge in [-0.05, 0) is 51.1 Å². The zero-order valence-corrected chi connectivity index (χ0v) is 19.9. The number of phenolic OH excluding ortho intramolecular Hbond substituents is 1. The van der Waals surface area contributed by atoms with Gasteiger partial charge in [0.25, 0.3) is 11.8 Å². The number of nitrogens with one attached hydrogen (secondary N) is 2. The van der Waals surface area contributed by atoms with E-state index in [2.05, 4.69) is 16.7 Å². The molecule has 0 fully saturated rings. The first-order valence-corrected chi connectivity index (χ1v) is 10.6. The summed E-state index contributed by atoms with van der Waals surface area (Å²) in [7, 11) is 1.50. The van der Waals surface area contributed by atoms with E-state index in [1.165, 1.54) is 19.2 Å². The maximum Gasteiger partial charge on any atom is 0.408 e. The van der Waals surface area contributed by atoms with Gasteiger partial charge in [0, 0.05) is 17.3 Å². The van der Waals surface area contributed by atoms with E-state index in [9.17, 15) is 24.6 Å². The number of alkyl carbamates (subject to hydrolysis) is 1. The zero-order valence-electron chi connectivity index (χ0n) is 19.9. The van der Waals surface area contributed by atoms with Gasteiger partial charge in [-0.15, -0.1) is 0 Å². The summed E-state index contributed by atoms with van der Waals surface area (Å²) in [6.07, 6.45) is 4.65. The van der Waals surface area contributed by atoms with E-state index in [0.29, 0.717) is 16.3 Å². The van der Waals surface area contributed by atoms with Gasteiger partial charge in [-0.1, -0.05) is 24.6 Å². The molecule has 3 amide bonds. The Morgan fingerprint density at radius 2 is 1.74 bits per heavy atom. The predicted octanol–water partition coefficient (Wildman–Crippen LogP) is 2.39. The van der Waals surface area contributed by atoms with Crippen molar-refractivity contribution in [2.24, 2.45) is 0 Å². The van der Waals surface area contributed by atoms with Gasteiger partial charge in [-0.25, -0.2) is 4.79 Å². The number of carbonyl (C=O) groups excluding carboxylic acids is 3. The number of para-hydroxylation sites is 1. The number of aromatic hydroxyl groups is 1. The van der Waals surface area contributed by atoms with Crippen LogP contribution in [0.15, 0.2) is 48.5 Å². The summed E-state index contributed by atoms with van der Waals surface area (Å²) >= 11 is 0. The number of amides is 3. The average Bonchev–Trinajstić information content (AvgIpc) is 2.80. The highest BCUT2D eigenvalue weighted by molar-refractivity contribution is 6.00. The Morgan fingerprint density at radius 3 is 2.26 bits per heavy atom. The Hall–Kier alpha value is -4.23. The highest BCUT2D eigenvalue weighted by atomic mass is 16.6. The molecule has 0 saturated heterocycles. The number of anilines is 1. The minimum absolute atomic E-state index is 0.0405. The molecule has 0 saturated carbocycles. The largest absolute Gasteiger partial charge is 0.508 e. The van der Waals surface area contributed by atoms with Crippen molar-refractivity contribution in [1.82, 2.24) is 10.2 Å². The number of hydrogen-bond acceptors (Lipinski definition) is 7. The smallest absolute Gasteiger partial charge is 0.408 e. The average molecular weight is 484 g/mol. The number of aliphatic hydroxyl groups is 1. The van der Waals surface area contributed by atoms with Crippen molar-refractivity contribution in [1.29, 1.82) is 0 Å². The molecular weight excluding hydrogens is 454 g/mol. The molecule has 0 aliphatic heterocycles. The first-order valence-electron chi connectivity index (χ1n) is 10.6. The van der Waals surface area contributed by atoms with Crippen LogP contribution in [-0.4, -0.2) is 58.4 Å². The number of aliphatic hydroxyl groups excluding tert-OH is 1. The van der Waals surface area contributed by atoms with Crippen molar-refractivity contribution in [3.8, 4) is 24.0 Å². The fourth-order valence-electron chi connectivity index (χ4n) is 3.07. The summed E-state index contributed by atoms with van der Waals surface area (Å²) < 4.78 is 10.2. The van der Waals surface area contributed by atoms with E-state index in [4.69, 9.17) is 15.9 Å². The number of nitrogens with zero attached hydrogens (tertiary/aromatic N) is 1. The van der Waals surface area contributed by atoms with Crippen LogP contribution in [0, 0.1) is 12.5 Å². The fraction of sp³-hybridized carbons (Fsp3) is 0.320. The maximum atomic E-state index is 13.3. The second kappa shape index (κ2) is 11.8. The summed E-state index contributed by atoms with van der Waals surface area (Å²) in [5.74, 6) is -1.41. The molecular formula is C25H29N3O7. The maximum absolute atomic E-state index is 13.3. The topological polar surface area (TPSA) is 137 Å². The SMILES string of the molecule is C#CN(C(=O)C(CO)NC(=O)OC(C)(C)C)C(C(=O)Nc1ccc(OC)cc1)c1ccccc1O. The molecule has 10 nitrogen and oxygen atoms in total. The first kappa shape index (κ1) is 27.0. The molecule has 0 aliphatic rings. The summed E-state index contributed by atoms with van der Waals surface area (Å²) in [5.41, 5.74) is -0.430. The van der Waals surface area contributed by atoms with E-state index < -0.39 is 42.2 Å². The van der Waals surface area contributed by atoms with E-state index in [1.807, 2.05) is 0 Å². The van der Waals surface area contributed by atoms with Gasteiger partial charge in [0.2, 0.25) is 0 Å². The summed E-state index contributed by atoms with van der Waals surface area (Å²) in [6.45, 7) is 4.08. The van der Waals surface area contributed by atoms with Gasteiger partial charge in [0.1, 0.15) is 23.1 Å². The number of hydrogen-bond donors (Lipinski definition) is 4. The normalized spacial score (nSPS) is 12.5. The van der Waals surface area contributed by atoms with Crippen LogP contribution in [0.4, 0.5) is 10.5 Å². The highest BCUT2D eigenvalue weighted by Gasteiger charge is 2.37. The molecule has 0 aromatic heterocycles. The van der Waals surface area contributed by atoms with Crippen molar-refractivity contribution in [3.05, 3.63) is 54.1 Å². The van der Waals surface area contributed by atoms with Crippen LogP contribution in [0.25, 0.3) is 0 Å². The van der Waals surface area contributed by atoms with Gasteiger partial charge in [0.15, 0.2) is 6.04 Å². The van der Waals surface area contributed by atoms with Crippen molar-refractivity contribution in [3.63, 3.8) is 0 Å². The van der Waals surface area contributed by atoms with Crippen molar-refractivity contribution in [2.45, 2.75) is 38.5 Å². The standard InChI is InChI=1S/C25H29N3O7/c1-6-28(23(32)19(15-29)27-24(33)35-25(2,3)4)21(18-9-7-8-10-20(18)30)22(31)26-16-11-13-17(34-5)14-12-16/h1,7-14,19,21,29-30H,15H2,2-5H3,(H,26,31)(H,27,33). The zero-order chi connectivity index (χ0) is 26.2. The number of benzene rings is 2. The lowest BCUT2D eigenvalue weighted by molar-refractivity contribution is -0.137. The molecule has 2 aromatic carbocycles. The summed E-state index contributed by atoms with van der Waals surface area (Å²) in [6, 6.07) is 11.4. The lowest BCUT2D eigenvalue weighted by Gasteiger charge is -2.30. The molecule has 0 aliphatic carbocycles. The number of rotatable bonds is 8. The fourth-order valence-corrected chi connectivity index (χ4v) is 3.07. The third-order valence-electron chi connectivity index (χ3n) is 4.64. The molecule has 10 heteroatoms. The molecule has 2 rings (SSSR count). The molecule has 2 atom stereocenters. The lowest BCUT2D eigenvalue weighted by atomic mass is 10.0. The number of phenols is 1. The molecule has 2 aromatic rings. The number of methoxy groups -OCH3 is 1. The lowest BCUT2D eigenvalue weighted by Crippen LogP contribution is -2.52. The predicted molar refractivity (Wildman–Crippen MR) is 128 cm³/mol. The van der Waals surface area contributed by atoms with Gasteiger partial charge in [0.05, 0.1) is 13.7 Å². The van der Waals surface area contributed by atoms with Crippen LogP contribution >= 0.6 is 0 Å². The first-order chi connectivity index (χ1) is 16.5. The molecule has 0 heterocycles. The quantitative estimate of drug-likeness (QED) is 0.334. The Morgan fingerprint density at radius 1 is 1.11 bits per heavy atom. The van der Waals surface area contributed by atoms with Crippen LogP contribution in [0.5, 0.6) is 11.5 Å². The van der Waals surface area contributed by atoms with Gasteiger partial charge in [-0.3, -0.25) is 14.5 Å². The molecule has 35 heavy (non-hydrogen) atoms. The third kappa shape index (κ3) is 7.38. The Balaban J connectivity index is 2.39. The van der Waals surface area contributed by atoms with E-state index in [0.717, 1.165) is 0 Å². The Labute approximate surface area is 203 Å². The molecule has 0 radical (unpaired) electrons. The van der Waals surface area contributed by atoms with Crippen molar-refractivity contribution < 1.29 is 34.1 Å². The molecule has 186 valence electrons. The molecule has 0 spiro atoms. The summed E-state index contributed by atoms with van der Waals surface area (Å²) in [5, 5.41) is 25.1. The van der Waals surface area contributed by atoms with Crippen molar-refractivity contribution in [2.75, 3.05) is 19.0 Å². The number of carbonyl (C=O) groups is 3. The second-order valence-corrected chi connectivity index (χ2v) is 8.40. The molecule has 0 bridgehead atoms. The summed E-state index contributed by atoms with van der Waals surface area (Å²) in [4.78, 5) is 39.4. The third-order valence-corrected chi connectivity index (χ3v) is 4.64. The van der Waals surface area contributed by atoms with E-state index in [-0.39, 0.29) is 11.3 Å². The second-order valence-electron chi connectivity index (χ2n) is 8.40. The van der Waals surface area contributed by atoms with Gasteiger partial charge in [-0.2, -0.15) is 0 Å². The van der Waals surface area contributed by atoms with Crippen LogP contribution in [0.3, 0.4) is 0 Å². The molecule has 4 N–H and O–H groups in total. The van der Waals surface area contributed by atoms with Crippen LogP contribution in [0.2, 0.25) is 0 Å². The number of ether oxygens (including phenoxy) is 2.